The number of ether oxygens (including phenoxy) is 1. The van der Waals surface area contributed by atoms with E-state index in [0.29, 0.717) is 11.4 Å². The third-order valence-corrected chi connectivity index (χ3v) is 2.15. The summed E-state index contributed by atoms with van der Waals surface area (Å²) in [7, 11) is -3.23. The van der Waals surface area contributed by atoms with Crippen LogP contribution in [0.3, 0.4) is 0 Å². The summed E-state index contributed by atoms with van der Waals surface area (Å²) in [6, 6.07) is 6.50. The van der Waals surface area contributed by atoms with Crippen molar-refractivity contribution in [1.82, 2.24) is 0 Å². The normalized spacial score (nSPS) is 13.3. The first-order chi connectivity index (χ1) is 6.87. The van der Waals surface area contributed by atoms with Crippen molar-refractivity contribution in [3.05, 3.63) is 24.3 Å². The van der Waals surface area contributed by atoms with Gasteiger partial charge in [0.1, 0.15) is 5.75 Å². The zero-order chi connectivity index (χ0) is 11.5. The first kappa shape index (κ1) is 12.1. The molecule has 1 aromatic carbocycles. The SMILES string of the molecule is CC(Cl)Oc1ccc(NS(C)(=O)=O)cc1. The molecule has 0 radical (unpaired) electrons. The van der Waals surface area contributed by atoms with Gasteiger partial charge in [0.2, 0.25) is 10.0 Å². The number of sulfonamides is 1. The van der Waals surface area contributed by atoms with E-state index < -0.39 is 15.6 Å². The van der Waals surface area contributed by atoms with Gasteiger partial charge in [-0.1, -0.05) is 11.6 Å². The van der Waals surface area contributed by atoms with E-state index >= 15 is 0 Å². The van der Waals surface area contributed by atoms with Crippen molar-refractivity contribution in [2.75, 3.05) is 11.0 Å². The first-order valence-electron chi connectivity index (χ1n) is 4.25. The Morgan fingerprint density at radius 1 is 1.33 bits per heavy atom. The number of hydrogen-bond donors (Lipinski definition) is 1. The average molecular weight is 250 g/mol. The predicted molar refractivity (Wildman–Crippen MR) is 60.9 cm³/mol. The third kappa shape index (κ3) is 4.90. The van der Waals surface area contributed by atoms with E-state index in [1.54, 1.807) is 31.2 Å². The summed E-state index contributed by atoms with van der Waals surface area (Å²) in [5, 5.41) is 0. The van der Waals surface area contributed by atoms with Crippen LogP contribution in [0.5, 0.6) is 5.75 Å². The lowest BCUT2D eigenvalue weighted by Gasteiger charge is -2.08. The number of anilines is 1. The molecule has 1 rings (SSSR count). The highest BCUT2D eigenvalue weighted by atomic mass is 35.5. The summed E-state index contributed by atoms with van der Waals surface area (Å²) < 4.78 is 29.3. The number of benzene rings is 1. The van der Waals surface area contributed by atoms with Gasteiger partial charge >= 0.3 is 0 Å². The molecule has 1 unspecified atom stereocenters. The van der Waals surface area contributed by atoms with Gasteiger partial charge in [-0.2, -0.15) is 0 Å². The quantitative estimate of drug-likeness (QED) is 0.831. The van der Waals surface area contributed by atoms with E-state index in [-0.39, 0.29) is 0 Å². The van der Waals surface area contributed by atoms with Crippen LogP contribution < -0.4 is 9.46 Å². The van der Waals surface area contributed by atoms with Crippen molar-refractivity contribution in [2.24, 2.45) is 0 Å². The van der Waals surface area contributed by atoms with Gasteiger partial charge in [-0.25, -0.2) is 8.42 Å². The van der Waals surface area contributed by atoms with E-state index in [1.165, 1.54) is 0 Å². The van der Waals surface area contributed by atoms with Crippen LogP contribution in [0.2, 0.25) is 0 Å². The van der Waals surface area contributed by atoms with Crippen LogP contribution in [0, 0.1) is 0 Å². The number of rotatable bonds is 4. The zero-order valence-electron chi connectivity index (χ0n) is 8.40. The molecule has 0 spiro atoms. The molecule has 0 saturated carbocycles. The molecule has 15 heavy (non-hydrogen) atoms. The maximum absolute atomic E-state index is 10.9. The van der Waals surface area contributed by atoms with E-state index in [4.69, 9.17) is 16.3 Å². The van der Waals surface area contributed by atoms with Gasteiger partial charge in [-0.05, 0) is 31.2 Å². The topological polar surface area (TPSA) is 55.4 Å². The standard InChI is InChI=1S/C9H12ClNO3S/c1-7(10)14-9-5-3-8(4-6-9)11-15(2,12)13/h3-7,11H,1-2H3. The van der Waals surface area contributed by atoms with E-state index in [9.17, 15) is 8.42 Å². The lowest BCUT2D eigenvalue weighted by molar-refractivity contribution is 0.301. The van der Waals surface area contributed by atoms with Crippen LogP contribution in [0.25, 0.3) is 0 Å². The second-order valence-electron chi connectivity index (χ2n) is 3.06. The Bertz CT molecular complexity index is 413. The summed E-state index contributed by atoms with van der Waals surface area (Å²) in [5.41, 5.74) is 0.0748. The molecule has 0 heterocycles. The Morgan fingerprint density at radius 3 is 2.27 bits per heavy atom. The van der Waals surface area contributed by atoms with Crippen molar-refractivity contribution in [2.45, 2.75) is 12.5 Å². The van der Waals surface area contributed by atoms with Gasteiger partial charge in [-0.3, -0.25) is 4.72 Å². The maximum Gasteiger partial charge on any atom is 0.229 e. The van der Waals surface area contributed by atoms with Crippen molar-refractivity contribution in [1.29, 1.82) is 0 Å². The molecule has 1 N–H and O–H groups in total. The number of alkyl halides is 1. The van der Waals surface area contributed by atoms with Crippen LogP contribution in [0.4, 0.5) is 5.69 Å². The molecule has 0 aromatic heterocycles. The van der Waals surface area contributed by atoms with Gasteiger partial charge < -0.3 is 4.74 Å². The second kappa shape index (κ2) is 4.72. The Hall–Kier alpha value is -0.940. The Balaban J connectivity index is 2.73. The zero-order valence-corrected chi connectivity index (χ0v) is 9.97. The largest absolute Gasteiger partial charge is 0.475 e. The predicted octanol–water partition coefficient (Wildman–Crippen LogP) is 2.02. The molecule has 0 bridgehead atoms. The molecule has 1 atom stereocenters. The third-order valence-electron chi connectivity index (χ3n) is 1.46. The fraction of sp³-hybridized carbons (Fsp3) is 0.333. The maximum atomic E-state index is 10.9. The summed E-state index contributed by atoms with van der Waals surface area (Å²) >= 11 is 5.62. The molecule has 1 aromatic rings. The molecule has 6 heteroatoms. The molecule has 0 amide bonds. The van der Waals surface area contributed by atoms with Crippen LogP contribution in [0.1, 0.15) is 6.92 Å². The molecule has 0 aliphatic rings. The summed E-state index contributed by atoms with van der Waals surface area (Å²) in [4.78, 5) is 0. The fourth-order valence-electron chi connectivity index (χ4n) is 1.00. The van der Waals surface area contributed by atoms with Gasteiger partial charge in [-0.15, -0.1) is 0 Å². The Morgan fingerprint density at radius 2 is 1.87 bits per heavy atom. The Labute approximate surface area is 94.3 Å². The minimum Gasteiger partial charge on any atom is -0.475 e. The smallest absolute Gasteiger partial charge is 0.229 e. The van der Waals surface area contributed by atoms with Crippen molar-refractivity contribution in [3.8, 4) is 5.75 Å². The Kier molecular flexibility index (Phi) is 3.82. The fourth-order valence-corrected chi connectivity index (χ4v) is 1.67. The minimum atomic E-state index is -3.23. The van der Waals surface area contributed by atoms with Gasteiger partial charge in [0, 0.05) is 5.69 Å². The molecule has 0 saturated heterocycles. The van der Waals surface area contributed by atoms with Crippen molar-refractivity contribution < 1.29 is 13.2 Å². The molecule has 84 valence electrons. The highest BCUT2D eigenvalue weighted by Crippen LogP contribution is 2.18. The highest BCUT2D eigenvalue weighted by Gasteiger charge is 2.02. The molecular formula is C9H12ClNO3S. The van der Waals surface area contributed by atoms with E-state index in [0.717, 1.165) is 6.26 Å². The van der Waals surface area contributed by atoms with E-state index in [1.807, 2.05) is 0 Å². The summed E-state index contributed by atoms with van der Waals surface area (Å²) in [6.07, 6.45) is 1.10. The van der Waals surface area contributed by atoms with Gasteiger partial charge in [0.25, 0.3) is 0 Å². The van der Waals surface area contributed by atoms with Crippen LogP contribution >= 0.6 is 11.6 Å². The highest BCUT2D eigenvalue weighted by molar-refractivity contribution is 7.92. The monoisotopic (exact) mass is 249 g/mol. The average Bonchev–Trinajstić information content (AvgIpc) is 2.05. The molecule has 0 aliphatic carbocycles. The van der Waals surface area contributed by atoms with Crippen LogP contribution in [-0.4, -0.2) is 20.2 Å². The van der Waals surface area contributed by atoms with Gasteiger partial charge in [0.05, 0.1) is 6.26 Å². The van der Waals surface area contributed by atoms with Gasteiger partial charge in [0.15, 0.2) is 5.56 Å². The lowest BCUT2D eigenvalue weighted by atomic mass is 10.3. The van der Waals surface area contributed by atoms with E-state index in [2.05, 4.69) is 4.72 Å². The molecular weight excluding hydrogens is 238 g/mol. The molecule has 0 fully saturated rings. The first-order valence-corrected chi connectivity index (χ1v) is 6.58. The van der Waals surface area contributed by atoms with Crippen molar-refractivity contribution in [3.63, 3.8) is 0 Å². The summed E-state index contributed by atoms with van der Waals surface area (Å²) in [5.74, 6) is 0.594. The lowest BCUT2D eigenvalue weighted by Crippen LogP contribution is -2.09. The van der Waals surface area contributed by atoms with Crippen LogP contribution in [0.15, 0.2) is 24.3 Å². The summed E-state index contributed by atoms with van der Waals surface area (Å²) in [6.45, 7) is 1.70. The number of nitrogens with one attached hydrogen (secondary N) is 1. The second-order valence-corrected chi connectivity index (χ2v) is 5.42. The molecule has 4 nitrogen and oxygen atoms in total. The number of halogens is 1. The number of hydrogen-bond acceptors (Lipinski definition) is 3. The molecule has 0 aliphatic heterocycles. The minimum absolute atomic E-state index is 0.418. The van der Waals surface area contributed by atoms with Crippen molar-refractivity contribution >= 4 is 27.3 Å². The van der Waals surface area contributed by atoms with Crippen LogP contribution in [-0.2, 0) is 10.0 Å².